The Morgan fingerprint density at radius 1 is 1.37 bits per heavy atom. The van der Waals surface area contributed by atoms with Gasteiger partial charge < -0.3 is 9.84 Å². The zero-order valence-electron chi connectivity index (χ0n) is 10.9. The third kappa shape index (κ3) is 3.13. The Kier molecular flexibility index (Phi) is 3.85. The third-order valence-electron chi connectivity index (χ3n) is 2.98. The van der Waals surface area contributed by atoms with Crippen molar-refractivity contribution >= 4 is 5.91 Å². The molecular formula is C14H16N2O3. The lowest BCUT2D eigenvalue weighted by molar-refractivity contribution is 0.0902. The largest absolute Gasteiger partial charge is 0.373 e. The molecule has 0 saturated carbocycles. The average molecular weight is 260 g/mol. The molecule has 1 aromatic carbocycles. The highest BCUT2D eigenvalue weighted by molar-refractivity contribution is 5.91. The summed E-state index contributed by atoms with van der Waals surface area (Å²) in [6.07, 6.45) is 0.982. The van der Waals surface area contributed by atoms with E-state index in [9.17, 15) is 9.59 Å². The molecule has 0 spiro atoms. The van der Waals surface area contributed by atoms with Crippen LogP contribution in [0.4, 0.5) is 0 Å². The summed E-state index contributed by atoms with van der Waals surface area (Å²) < 4.78 is 4.75. The Balaban J connectivity index is 2.05. The van der Waals surface area contributed by atoms with Gasteiger partial charge in [-0.3, -0.25) is 9.59 Å². The van der Waals surface area contributed by atoms with Crippen LogP contribution in [-0.4, -0.2) is 11.1 Å². The van der Waals surface area contributed by atoms with E-state index in [2.05, 4.69) is 17.4 Å². The molecule has 0 unspecified atom stereocenters. The molecule has 1 atom stereocenters. The molecule has 0 fully saturated rings. The summed E-state index contributed by atoms with van der Waals surface area (Å²) in [5, 5.41) is 4.86. The van der Waals surface area contributed by atoms with Gasteiger partial charge in [0, 0.05) is 0 Å². The Morgan fingerprint density at radius 3 is 2.58 bits per heavy atom. The van der Waals surface area contributed by atoms with Crippen LogP contribution < -0.4 is 10.9 Å². The monoisotopic (exact) mass is 260 g/mol. The van der Waals surface area contributed by atoms with Crippen LogP contribution in [0, 0.1) is 0 Å². The van der Waals surface area contributed by atoms with E-state index < -0.39 is 11.5 Å². The van der Waals surface area contributed by atoms with Crippen molar-refractivity contribution in [2.75, 3.05) is 0 Å². The number of aromatic amines is 1. The molecule has 0 radical (unpaired) electrons. The minimum Gasteiger partial charge on any atom is -0.373 e. The highest BCUT2D eigenvalue weighted by atomic mass is 16.5. The van der Waals surface area contributed by atoms with Crippen molar-refractivity contribution in [1.82, 2.24) is 10.5 Å². The SMILES string of the molecule is CCc1ccc([C@@H](C)NC(=O)c2cc(=O)[nH]o2)cc1. The van der Waals surface area contributed by atoms with Crippen molar-refractivity contribution in [2.45, 2.75) is 26.3 Å². The fraction of sp³-hybridized carbons (Fsp3) is 0.286. The van der Waals surface area contributed by atoms with E-state index in [1.54, 1.807) is 0 Å². The van der Waals surface area contributed by atoms with Crippen molar-refractivity contribution in [3.63, 3.8) is 0 Å². The first kappa shape index (κ1) is 13.1. The highest BCUT2D eigenvalue weighted by Gasteiger charge is 2.14. The average Bonchev–Trinajstić information content (AvgIpc) is 2.85. The van der Waals surface area contributed by atoms with E-state index >= 15 is 0 Å². The lowest BCUT2D eigenvalue weighted by atomic mass is 10.0. The second-order valence-electron chi connectivity index (χ2n) is 4.37. The number of hydrogen-bond donors (Lipinski definition) is 2. The molecule has 5 nitrogen and oxygen atoms in total. The molecule has 0 bridgehead atoms. The predicted molar refractivity (Wildman–Crippen MR) is 71.0 cm³/mol. The lowest BCUT2D eigenvalue weighted by Gasteiger charge is -2.13. The standard InChI is InChI=1S/C14H16N2O3/c1-3-10-4-6-11(7-5-10)9(2)15-14(18)12-8-13(17)16-19-12/h4-9H,3H2,1-2H3,(H,15,18)(H,16,17)/t9-/m1/s1. The van der Waals surface area contributed by atoms with Gasteiger partial charge in [0.05, 0.1) is 12.1 Å². The number of aromatic nitrogens is 1. The van der Waals surface area contributed by atoms with E-state index in [0.29, 0.717) is 0 Å². The molecule has 2 aromatic rings. The smallest absolute Gasteiger partial charge is 0.290 e. The van der Waals surface area contributed by atoms with Gasteiger partial charge in [0.1, 0.15) is 0 Å². The maximum absolute atomic E-state index is 11.8. The van der Waals surface area contributed by atoms with Crippen molar-refractivity contribution in [3.05, 3.63) is 57.6 Å². The van der Waals surface area contributed by atoms with Crippen molar-refractivity contribution in [3.8, 4) is 0 Å². The first-order chi connectivity index (χ1) is 9.10. The van der Waals surface area contributed by atoms with E-state index in [0.717, 1.165) is 18.1 Å². The van der Waals surface area contributed by atoms with Crippen LogP contribution in [0.3, 0.4) is 0 Å². The summed E-state index contributed by atoms with van der Waals surface area (Å²) >= 11 is 0. The Labute approximate surface area is 110 Å². The number of carbonyl (C=O) groups is 1. The molecule has 5 heteroatoms. The number of rotatable bonds is 4. The zero-order valence-corrected chi connectivity index (χ0v) is 10.9. The molecule has 2 N–H and O–H groups in total. The number of amides is 1. The molecule has 100 valence electrons. The van der Waals surface area contributed by atoms with Crippen LogP contribution in [0.25, 0.3) is 0 Å². The number of H-pyrrole nitrogens is 1. The molecule has 19 heavy (non-hydrogen) atoms. The fourth-order valence-corrected chi connectivity index (χ4v) is 1.79. The first-order valence-corrected chi connectivity index (χ1v) is 6.18. The summed E-state index contributed by atoms with van der Waals surface area (Å²) in [4.78, 5) is 22.7. The molecule has 0 aliphatic rings. The topological polar surface area (TPSA) is 75.1 Å². The van der Waals surface area contributed by atoms with Crippen molar-refractivity contribution < 1.29 is 9.32 Å². The number of hydrogen-bond acceptors (Lipinski definition) is 3. The molecule has 1 heterocycles. The van der Waals surface area contributed by atoms with Crippen LogP contribution in [0.15, 0.2) is 39.6 Å². The molecule has 1 aromatic heterocycles. The molecule has 0 aliphatic heterocycles. The van der Waals surface area contributed by atoms with Gasteiger partial charge in [-0.05, 0) is 24.5 Å². The van der Waals surface area contributed by atoms with Gasteiger partial charge in [0.2, 0.25) is 5.76 Å². The minimum absolute atomic E-state index is 0.0120. The van der Waals surface area contributed by atoms with Gasteiger partial charge in [-0.2, -0.15) is 5.16 Å². The lowest BCUT2D eigenvalue weighted by Crippen LogP contribution is -2.26. The van der Waals surface area contributed by atoms with Gasteiger partial charge in [-0.1, -0.05) is 31.2 Å². The highest BCUT2D eigenvalue weighted by Crippen LogP contribution is 2.14. The molecule has 0 saturated heterocycles. The Hall–Kier alpha value is -2.30. The van der Waals surface area contributed by atoms with Crippen molar-refractivity contribution in [1.29, 1.82) is 0 Å². The van der Waals surface area contributed by atoms with Crippen LogP contribution >= 0.6 is 0 Å². The molecule has 0 aliphatic carbocycles. The Morgan fingerprint density at radius 2 is 2.05 bits per heavy atom. The summed E-state index contributed by atoms with van der Waals surface area (Å²) in [5.74, 6) is -0.424. The summed E-state index contributed by atoms with van der Waals surface area (Å²) in [7, 11) is 0. The van der Waals surface area contributed by atoms with Gasteiger partial charge in [0.25, 0.3) is 11.5 Å². The quantitative estimate of drug-likeness (QED) is 0.883. The van der Waals surface area contributed by atoms with E-state index in [1.807, 2.05) is 31.2 Å². The minimum atomic E-state index is -0.426. The number of benzene rings is 1. The molecule has 1 amide bonds. The van der Waals surface area contributed by atoms with Gasteiger partial charge in [0.15, 0.2) is 0 Å². The van der Waals surface area contributed by atoms with Gasteiger partial charge in [-0.15, -0.1) is 0 Å². The summed E-state index contributed by atoms with van der Waals surface area (Å²) in [6.45, 7) is 3.97. The number of aryl methyl sites for hydroxylation is 1. The second kappa shape index (κ2) is 5.56. The van der Waals surface area contributed by atoms with Gasteiger partial charge in [-0.25, -0.2) is 0 Å². The van der Waals surface area contributed by atoms with Crippen LogP contribution in [0.1, 0.15) is 41.6 Å². The van der Waals surface area contributed by atoms with E-state index in [4.69, 9.17) is 4.52 Å². The summed E-state index contributed by atoms with van der Waals surface area (Å²) in [5.41, 5.74) is 1.83. The van der Waals surface area contributed by atoms with Crippen molar-refractivity contribution in [2.24, 2.45) is 0 Å². The second-order valence-corrected chi connectivity index (χ2v) is 4.37. The first-order valence-electron chi connectivity index (χ1n) is 6.18. The number of nitrogens with one attached hydrogen (secondary N) is 2. The third-order valence-corrected chi connectivity index (χ3v) is 2.98. The Bertz CT molecular complexity index is 610. The fourth-order valence-electron chi connectivity index (χ4n) is 1.79. The summed E-state index contributed by atoms with van der Waals surface area (Å²) in [6, 6.07) is 9.01. The number of carbonyl (C=O) groups excluding carboxylic acids is 1. The van der Waals surface area contributed by atoms with E-state index in [-0.39, 0.29) is 11.8 Å². The van der Waals surface area contributed by atoms with Crippen LogP contribution in [0.2, 0.25) is 0 Å². The zero-order chi connectivity index (χ0) is 13.8. The maximum Gasteiger partial charge on any atom is 0.290 e. The maximum atomic E-state index is 11.8. The van der Waals surface area contributed by atoms with E-state index in [1.165, 1.54) is 5.56 Å². The van der Waals surface area contributed by atoms with Crippen LogP contribution in [-0.2, 0) is 6.42 Å². The van der Waals surface area contributed by atoms with Crippen LogP contribution in [0.5, 0.6) is 0 Å². The predicted octanol–water partition coefficient (Wildman–Crippen LogP) is 2.02. The normalized spacial score (nSPS) is 12.1. The molecule has 2 rings (SSSR count). The molecular weight excluding hydrogens is 244 g/mol. The van der Waals surface area contributed by atoms with Gasteiger partial charge >= 0.3 is 0 Å².